The number of amides is 1. The smallest absolute Gasteiger partial charge is 0.234 e. The molecule has 0 spiro atoms. The van der Waals surface area contributed by atoms with Gasteiger partial charge in [-0.1, -0.05) is 96.2 Å². The summed E-state index contributed by atoms with van der Waals surface area (Å²) >= 11 is 7.50. The molecule has 0 bridgehead atoms. The van der Waals surface area contributed by atoms with Crippen LogP contribution in [0.1, 0.15) is 29.9 Å². The van der Waals surface area contributed by atoms with Gasteiger partial charge in [-0.3, -0.25) is 4.79 Å². The van der Waals surface area contributed by atoms with Gasteiger partial charge in [-0.15, -0.1) is 10.2 Å². The lowest BCUT2D eigenvalue weighted by Gasteiger charge is -2.22. The fraction of sp³-hybridized carbons (Fsp3) is 0.192. The fourth-order valence-corrected chi connectivity index (χ4v) is 4.43. The molecule has 0 fully saturated rings. The quantitative estimate of drug-likeness (QED) is 0.315. The van der Waals surface area contributed by atoms with E-state index in [1.165, 1.54) is 11.8 Å². The van der Waals surface area contributed by atoms with Crippen molar-refractivity contribution in [3.8, 4) is 5.75 Å². The molecule has 0 radical (unpaired) electrons. The van der Waals surface area contributed by atoms with Crippen LogP contribution in [-0.2, 0) is 18.4 Å². The zero-order chi connectivity index (χ0) is 23.9. The minimum atomic E-state index is -0.379. The van der Waals surface area contributed by atoms with Crippen molar-refractivity contribution in [2.24, 2.45) is 7.05 Å². The van der Waals surface area contributed by atoms with E-state index in [2.05, 4.69) is 15.5 Å². The number of thioether (sulfide) groups is 1. The Morgan fingerprint density at radius 1 is 0.971 bits per heavy atom. The van der Waals surface area contributed by atoms with Gasteiger partial charge in [0.05, 0.1) is 16.3 Å². The molecule has 0 saturated carbocycles. The number of nitrogens with one attached hydrogen (secondary N) is 1. The molecule has 34 heavy (non-hydrogen) atoms. The van der Waals surface area contributed by atoms with Crippen LogP contribution in [0.25, 0.3) is 0 Å². The van der Waals surface area contributed by atoms with Gasteiger partial charge < -0.3 is 14.6 Å². The van der Waals surface area contributed by atoms with Crippen LogP contribution < -0.4 is 10.1 Å². The third-order valence-electron chi connectivity index (χ3n) is 5.32. The molecule has 0 aliphatic carbocycles. The van der Waals surface area contributed by atoms with E-state index in [1.807, 2.05) is 91.3 Å². The molecule has 0 aliphatic heterocycles. The molecule has 1 heterocycles. The summed E-state index contributed by atoms with van der Waals surface area (Å²) in [6.07, 6.45) is 0. The Bertz CT molecular complexity index is 1190. The van der Waals surface area contributed by atoms with Gasteiger partial charge >= 0.3 is 0 Å². The second-order valence-corrected chi connectivity index (χ2v) is 9.42. The first-order valence-electron chi connectivity index (χ1n) is 10.9. The second kappa shape index (κ2) is 11.2. The maximum absolute atomic E-state index is 13.1. The Balaban J connectivity index is 1.42. The molecule has 0 aliphatic rings. The molecular formula is C26H25ClN4O2S. The molecule has 3 aromatic carbocycles. The molecule has 1 unspecified atom stereocenters. The number of aromatic nitrogens is 3. The van der Waals surface area contributed by atoms with E-state index in [-0.39, 0.29) is 23.8 Å². The van der Waals surface area contributed by atoms with Crippen molar-refractivity contribution in [1.29, 1.82) is 0 Å². The lowest BCUT2D eigenvalue weighted by Crippen LogP contribution is -2.35. The molecular weight excluding hydrogens is 468 g/mol. The highest BCUT2D eigenvalue weighted by Crippen LogP contribution is 2.27. The zero-order valence-corrected chi connectivity index (χ0v) is 20.5. The minimum absolute atomic E-state index is 0.0837. The largest absolute Gasteiger partial charge is 0.484 e. The number of carbonyl (C=O) groups is 1. The average molecular weight is 493 g/mol. The Morgan fingerprint density at radius 2 is 1.56 bits per heavy atom. The van der Waals surface area contributed by atoms with Crippen LogP contribution in [0.2, 0.25) is 5.02 Å². The Morgan fingerprint density at radius 3 is 2.18 bits per heavy atom. The molecule has 174 valence electrons. The number of carbonyl (C=O) groups excluding carboxylic acids is 1. The number of para-hydroxylation sites is 1. The van der Waals surface area contributed by atoms with Crippen molar-refractivity contribution in [2.45, 2.75) is 30.0 Å². The van der Waals surface area contributed by atoms with Gasteiger partial charge in [0, 0.05) is 7.05 Å². The highest BCUT2D eigenvalue weighted by molar-refractivity contribution is 8.00. The number of ether oxygens (including phenoxy) is 1. The van der Waals surface area contributed by atoms with E-state index in [0.717, 1.165) is 11.1 Å². The third-order valence-corrected chi connectivity index (χ3v) is 6.77. The number of hydrogen-bond donors (Lipinski definition) is 1. The summed E-state index contributed by atoms with van der Waals surface area (Å²) in [6.45, 7) is 2.08. The van der Waals surface area contributed by atoms with E-state index < -0.39 is 0 Å². The Labute approximate surface area is 208 Å². The molecule has 4 aromatic rings. The van der Waals surface area contributed by atoms with Crippen molar-refractivity contribution >= 4 is 29.3 Å². The van der Waals surface area contributed by atoms with E-state index in [1.54, 1.807) is 12.1 Å². The standard InChI is InChI=1S/C26H25ClN4O2S/c1-18(25(32)28-24(19-11-5-3-6-12-19)20-13-7-4-8-14-20)34-26-30-29-23(31(26)2)17-33-22-16-10-9-15-21(22)27/h3-16,18,24H,17H2,1-2H3,(H,28,32). The van der Waals surface area contributed by atoms with Crippen LogP contribution in [0.5, 0.6) is 5.75 Å². The maximum Gasteiger partial charge on any atom is 0.234 e. The average Bonchev–Trinajstić information content (AvgIpc) is 3.21. The van der Waals surface area contributed by atoms with Crippen LogP contribution >= 0.6 is 23.4 Å². The monoisotopic (exact) mass is 492 g/mol. The van der Waals surface area contributed by atoms with Gasteiger partial charge in [0.15, 0.2) is 11.0 Å². The van der Waals surface area contributed by atoms with Gasteiger partial charge in [-0.2, -0.15) is 0 Å². The predicted octanol–water partition coefficient (Wildman–Crippen LogP) is 5.43. The SMILES string of the molecule is CC(Sc1nnc(COc2ccccc2Cl)n1C)C(=O)NC(c1ccccc1)c1ccccc1. The molecule has 1 atom stereocenters. The van der Waals surface area contributed by atoms with Crippen molar-refractivity contribution in [3.05, 3.63) is 107 Å². The van der Waals surface area contributed by atoms with Crippen LogP contribution in [0.3, 0.4) is 0 Å². The first-order chi connectivity index (χ1) is 16.5. The van der Waals surface area contributed by atoms with Gasteiger partial charge in [0.1, 0.15) is 12.4 Å². The Hall–Kier alpha value is -3.29. The summed E-state index contributed by atoms with van der Waals surface area (Å²) in [5, 5.41) is 12.5. The van der Waals surface area contributed by atoms with E-state index in [0.29, 0.717) is 21.8 Å². The molecule has 4 rings (SSSR count). The van der Waals surface area contributed by atoms with Crippen LogP contribution in [0.4, 0.5) is 0 Å². The van der Waals surface area contributed by atoms with E-state index in [9.17, 15) is 4.79 Å². The maximum atomic E-state index is 13.1. The summed E-state index contributed by atoms with van der Waals surface area (Å²) in [7, 11) is 1.86. The van der Waals surface area contributed by atoms with Gasteiger partial charge in [0.2, 0.25) is 5.91 Å². The van der Waals surface area contributed by atoms with Crippen molar-refractivity contribution in [2.75, 3.05) is 0 Å². The summed E-state index contributed by atoms with van der Waals surface area (Å²) in [4.78, 5) is 13.1. The lowest BCUT2D eigenvalue weighted by atomic mass is 9.98. The van der Waals surface area contributed by atoms with Crippen LogP contribution in [-0.4, -0.2) is 25.9 Å². The van der Waals surface area contributed by atoms with E-state index >= 15 is 0 Å². The highest BCUT2D eigenvalue weighted by Gasteiger charge is 2.23. The van der Waals surface area contributed by atoms with Gasteiger partial charge in [0.25, 0.3) is 0 Å². The summed E-state index contributed by atoms with van der Waals surface area (Å²) < 4.78 is 7.61. The minimum Gasteiger partial charge on any atom is -0.484 e. The molecule has 1 amide bonds. The zero-order valence-electron chi connectivity index (χ0n) is 18.9. The van der Waals surface area contributed by atoms with Crippen molar-refractivity contribution in [1.82, 2.24) is 20.1 Å². The molecule has 8 heteroatoms. The van der Waals surface area contributed by atoms with Crippen LogP contribution in [0.15, 0.2) is 90.1 Å². The van der Waals surface area contributed by atoms with Crippen LogP contribution in [0, 0.1) is 0 Å². The van der Waals surface area contributed by atoms with Crippen molar-refractivity contribution in [3.63, 3.8) is 0 Å². The molecule has 0 saturated heterocycles. The number of rotatable bonds is 9. The summed E-state index contributed by atoms with van der Waals surface area (Å²) in [5.41, 5.74) is 2.05. The normalized spacial score (nSPS) is 11.9. The van der Waals surface area contributed by atoms with Gasteiger partial charge in [-0.25, -0.2) is 0 Å². The molecule has 6 nitrogen and oxygen atoms in total. The van der Waals surface area contributed by atoms with Gasteiger partial charge in [-0.05, 0) is 30.2 Å². The fourth-order valence-electron chi connectivity index (χ4n) is 3.40. The summed E-state index contributed by atoms with van der Waals surface area (Å²) in [5.74, 6) is 1.14. The molecule has 1 aromatic heterocycles. The highest BCUT2D eigenvalue weighted by atomic mass is 35.5. The topological polar surface area (TPSA) is 69.0 Å². The van der Waals surface area contributed by atoms with E-state index in [4.69, 9.17) is 16.3 Å². The second-order valence-electron chi connectivity index (χ2n) is 7.70. The molecule has 1 N–H and O–H groups in total. The third kappa shape index (κ3) is 5.79. The first kappa shape index (κ1) is 23.9. The van der Waals surface area contributed by atoms with Crippen molar-refractivity contribution < 1.29 is 9.53 Å². The lowest BCUT2D eigenvalue weighted by molar-refractivity contribution is -0.120. The Kier molecular flexibility index (Phi) is 7.87. The number of hydrogen-bond acceptors (Lipinski definition) is 5. The number of nitrogens with zero attached hydrogens (tertiary/aromatic N) is 3. The number of halogens is 1. The number of benzene rings is 3. The predicted molar refractivity (Wildman–Crippen MR) is 135 cm³/mol. The first-order valence-corrected chi connectivity index (χ1v) is 12.1. The summed E-state index contributed by atoms with van der Waals surface area (Å²) in [6, 6.07) is 26.9.